The van der Waals surface area contributed by atoms with Crippen molar-refractivity contribution in [3.05, 3.63) is 102 Å². The van der Waals surface area contributed by atoms with Crippen molar-refractivity contribution in [3.8, 4) is 0 Å². The smallest absolute Gasteiger partial charge is 0.325 e. The van der Waals surface area contributed by atoms with Gasteiger partial charge >= 0.3 is 5.97 Å². The first-order valence-electron chi connectivity index (χ1n) is 10.5. The van der Waals surface area contributed by atoms with Crippen molar-refractivity contribution in [2.75, 3.05) is 18.6 Å². The van der Waals surface area contributed by atoms with Crippen LogP contribution in [0.5, 0.6) is 0 Å². The third-order valence-corrected chi connectivity index (χ3v) is 6.56. The van der Waals surface area contributed by atoms with Crippen molar-refractivity contribution >= 4 is 33.3 Å². The molecular formula is C25H23N3O5S. The van der Waals surface area contributed by atoms with Crippen molar-refractivity contribution in [3.63, 3.8) is 0 Å². The number of nitrogens with one attached hydrogen (secondary N) is 1. The molecule has 9 heteroatoms. The van der Waals surface area contributed by atoms with Crippen LogP contribution in [0, 0.1) is 0 Å². The Kier molecular flexibility index (Phi) is 6.85. The Morgan fingerprint density at radius 1 is 0.971 bits per heavy atom. The second kappa shape index (κ2) is 9.98. The molecule has 0 aromatic heterocycles. The molecule has 0 fully saturated rings. The quantitative estimate of drug-likeness (QED) is 0.527. The van der Waals surface area contributed by atoms with Crippen LogP contribution in [0.15, 0.2) is 89.9 Å². The highest BCUT2D eigenvalue weighted by molar-refractivity contribution is 7.88. The van der Waals surface area contributed by atoms with Crippen LogP contribution in [0.2, 0.25) is 0 Å². The number of hydrogen-bond acceptors (Lipinski definition) is 6. The van der Waals surface area contributed by atoms with E-state index in [1.165, 1.54) is 12.0 Å². The SMILES string of the molecule is COC(=O)CN1C(=O)C(NS(=O)(=O)Cc2ccccc2)N=C(c2ccccc2)c2ccccc21. The number of hydrogen-bond donors (Lipinski definition) is 1. The van der Waals surface area contributed by atoms with Gasteiger partial charge in [-0.15, -0.1) is 0 Å². The van der Waals surface area contributed by atoms with Crippen LogP contribution in [0.3, 0.4) is 0 Å². The van der Waals surface area contributed by atoms with E-state index < -0.39 is 28.1 Å². The monoisotopic (exact) mass is 477 g/mol. The number of nitrogens with zero attached hydrogens (tertiary/aromatic N) is 2. The number of fused-ring (bicyclic) bond motifs is 1. The molecule has 3 aromatic carbocycles. The molecule has 0 bridgehead atoms. The number of sulfonamides is 1. The standard InChI is InChI=1S/C25H23N3O5S/c1-33-22(29)16-28-21-15-9-8-14-20(21)23(19-12-6-3-7-13-19)26-24(25(28)30)27-34(31,32)17-18-10-4-2-5-11-18/h2-15,24,27H,16-17H2,1H3. The predicted octanol–water partition coefficient (Wildman–Crippen LogP) is 2.49. The van der Waals surface area contributed by atoms with Gasteiger partial charge in [0.15, 0.2) is 6.17 Å². The van der Waals surface area contributed by atoms with Crippen molar-refractivity contribution in [1.29, 1.82) is 0 Å². The molecule has 8 nitrogen and oxygen atoms in total. The number of methoxy groups -OCH3 is 1. The van der Waals surface area contributed by atoms with E-state index in [0.29, 0.717) is 28.1 Å². The average Bonchev–Trinajstić information content (AvgIpc) is 2.95. The van der Waals surface area contributed by atoms with E-state index in [9.17, 15) is 18.0 Å². The van der Waals surface area contributed by atoms with E-state index in [0.717, 1.165) is 0 Å². The van der Waals surface area contributed by atoms with Gasteiger partial charge in [-0.1, -0.05) is 78.9 Å². The number of para-hydroxylation sites is 1. The molecule has 34 heavy (non-hydrogen) atoms. The maximum absolute atomic E-state index is 13.6. The number of anilines is 1. The van der Waals surface area contributed by atoms with E-state index in [1.807, 2.05) is 30.3 Å². The van der Waals surface area contributed by atoms with Crippen LogP contribution in [0.25, 0.3) is 0 Å². The van der Waals surface area contributed by atoms with Gasteiger partial charge in [-0.3, -0.25) is 19.5 Å². The van der Waals surface area contributed by atoms with Gasteiger partial charge in [0.05, 0.1) is 24.3 Å². The summed E-state index contributed by atoms with van der Waals surface area (Å²) >= 11 is 0. The molecule has 0 saturated carbocycles. The van der Waals surface area contributed by atoms with Gasteiger partial charge in [0.2, 0.25) is 10.0 Å². The minimum Gasteiger partial charge on any atom is -0.468 e. The Hall–Kier alpha value is -3.82. The third-order valence-electron chi connectivity index (χ3n) is 5.26. The molecule has 1 unspecified atom stereocenters. The minimum absolute atomic E-state index is 0.322. The molecule has 1 amide bonds. The molecule has 1 atom stereocenters. The molecule has 0 aliphatic carbocycles. The molecular weight excluding hydrogens is 454 g/mol. The summed E-state index contributed by atoms with van der Waals surface area (Å²) in [5.74, 6) is -1.64. The second-order valence-electron chi connectivity index (χ2n) is 7.63. The van der Waals surface area contributed by atoms with Crippen molar-refractivity contribution in [2.45, 2.75) is 11.9 Å². The summed E-state index contributed by atoms with van der Waals surface area (Å²) in [4.78, 5) is 31.5. The molecule has 1 aliphatic rings. The van der Waals surface area contributed by atoms with Gasteiger partial charge in [-0.05, 0) is 11.6 Å². The molecule has 4 rings (SSSR count). The number of carbonyl (C=O) groups is 2. The highest BCUT2D eigenvalue weighted by atomic mass is 32.2. The van der Waals surface area contributed by atoms with E-state index in [4.69, 9.17) is 4.74 Å². The summed E-state index contributed by atoms with van der Waals surface area (Å²) in [5.41, 5.74) is 2.73. The van der Waals surface area contributed by atoms with Crippen LogP contribution in [-0.2, 0) is 30.1 Å². The number of aliphatic imine (C=N–C) groups is 1. The summed E-state index contributed by atoms with van der Waals surface area (Å²) in [6.45, 7) is -0.388. The first-order valence-corrected chi connectivity index (χ1v) is 12.2. The number of ether oxygens (including phenoxy) is 1. The fraction of sp³-hybridized carbons (Fsp3) is 0.160. The minimum atomic E-state index is -3.95. The number of benzodiazepines with no additional fused rings is 1. The zero-order chi connectivity index (χ0) is 24.1. The summed E-state index contributed by atoms with van der Waals surface area (Å²) in [6, 6.07) is 24.8. The van der Waals surface area contributed by atoms with Crippen LogP contribution >= 0.6 is 0 Å². The van der Waals surface area contributed by atoms with Gasteiger partial charge in [0.25, 0.3) is 5.91 Å². The summed E-state index contributed by atoms with van der Waals surface area (Å²) < 4.78 is 33.2. The Balaban J connectivity index is 1.80. The van der Waals surface area contributed by atoms with Gasteiger partial charge < -0.3 is 4.74 Å². The Morgan fingerprint density at radius 3 is 2.26 bits per heavy atom. The van der Waals surface area contributed by atoms with Crippen molar-refractivity contribution < 1.29 is 22.7 Å². The fourth-order valence-corrected chi connectivity index (χ4v) is 4.90. The highest BCUT2D eigenvalue weighted by Crippen LogP contribution is 2.28. The molecule has 1 N–H and O–H groups in total. The molecule has 1 aliphatic heterocycles. The molecule has 3 aromatic rings. The zero-order valence-corrected chi connectivity index (χ0v) is 19.2. The number of rotatable bonds is 7. The van der Waals surface area contributed by atoms with Crippen LogP contribution in [0.4, 0.5) is 5.69 Å². The van der Waals surface area contributed by atoms with Gasteiger partial charge in [-0.25, -0.2) is 8.42 Å². The lowest BCUT2D eigenvalue weighted by molar-refractivity contribution is -0.140. The van der Waals surface area contributed by atoms with Gasteiger partial charge in [0.1, 0.15) is 6.54 Å². The van der Waals surface area contributed by atoms with Crippen LogP contribution in [0.1, 0.15) is 16.7 Å². The van der Waals surface area contributed by atoms with E-state index in [2.05, 4.69) is 9.71 Å². The lowest BCUT2D eigenvalue weighted by Crippen LogP contribution is -2.49. The molecule has 174 valence electrons. The molecule has 0 saturated heterocycles. The Labute approximate surface area is 197 Å². The third kappa shape index (κ3) is 5.22. The van der Waals surface area contributed by atoms with Crippen molar-refractivity contribution in [2.24, 2.45) is 4.99 Å². The maximum atomic E-state index is 13.6. The largest absolute Gasteiger partial charge is 0.468 e. The van der Waals surface area contributed by atoms with Gasteiger partial charge in [-0.2, -0.15) is 4.72 Å². The van der Waals surface area contributed by atoms with Crippen LogP contribution < -0.4 is 9.62 Å². The van der Waals surface area contributed by atoms with Gasteiger partial charge in [0, 0.05) is 11.1 Å². The summed E-state index contributed by atoms with van der Waals surface area (Å²) in [5, 5.41) is 0. The van der Waals surface area contributed by atoms with E-state index >= 15 is 0 Å². The number of amides is 1. The number of benzene rings is 3. The summed E-state index contributed by atoms with van der Waals surface area (Å²) in [6.07, 6.45) is -1.47. The second-order valence-corrected chi connectivity index (χ2v) is 9.38. The molecule has 0 spiro atoms. The molecule has 0 radical (unpaired) electrons. The lowest BCUT2D eigenvalue weighted by Gasteiger charge is -2.24. The average molecular weight is 478 g/mol. The normalized spacial score (nSPS) is 15.8. The summed E-state index contributed by atoms with van der Waals surface area (Å²) in [7, 11) is -2.73. The van der Waals surface area contributed by atoms with Crippen molar-refractivity contribution in [1.82, 2.24) is 4.72 Å². The topological polar surface area (TPSA) is 105 Å². The maximum Gasteiger partial charge on any atom is 0.325 e. The van der Waals surface area contributed by atoms with E-state index in [-0.39, 0.29) is 12.3 Å². The lowest BCUT2D eigenvalue weighted by atomic mass is 10.0. The Morgan fingerprint density at radius 2 is 1.59 bits per heavy atom. The number of carbonyl (C=O) groups excluding carboxylic acids is 2. The van der Waals surface area contributed by atoms with Crippen LogP contribution in [-0.4, -0.2) is 45.8 Å². The fourth-order valence-electron chi connectivity index (χ4n) is 3.69. The first-order chi connectivity index (χ1) is 16.4. The number of esters is 1. The molecule has 1 heterocycles. The Bertz CT molecular complexity index is 1320. The zero-order valence-electron chi connectivity index (χ0n) is 18.4. The first kappa shape index (κ1) is 23.3. The highest BCUT2D eigenvalue weighted by Gasteiger charge is 2.35. The van der Waals surface area contributed by atoms with E-state index in [1.54, 1.807) is 54.6 Å². The predicted molar refractivity (Wildman–Crippen MR) is 129 cm³/mol.